The highest BCUT2D eigenvalue weighted by Crippen LogP contribution is 2.51. The minimum atomic E-state index is -0.360. The van der Waals surface area contributed by atoms with Gasteiger partial charge in [-0.2, -0.15) is 0 Å². The van der Waals surface area contributed by atoms with Gasteiger partial charge in [0, 0.05) is 27.9 Å². The van der Waals surface area contributed by atoms with Gasteiger partial charge < -0.3 is 10.6 Å². The number of benzene rings is 3. The summed E-state index contributed by atoms with van der Waals surface area (Å²) in [5.74, 6) is 0.0201. The molecule has 0 bridgehead atoms. The second-order valence-corrected chi connectivity index (χ2v) is 8.47. The van der Waals surface area contributed by atoms with E-state index in [-0.39, 0.29) is 16.9 Å². The van der Waals surface area contributed by atoms with Crippen molar-refractivity contribution in [2.75, 3.05) is 10.6 Å². The number of anilines is 2. The van der Waals surface area contributed by atoms with Crippen molar-refractivity contribution in [3.05, 3.63) is 95.6 Å². The van der Waals surface area contributed by atoms with Crippen molar-refractivity contribution in [3.8, 4) is 0 Å². The normalized spacial score (nSPS) is 20.5. The van der Waals surface area contributed by atoms with E-state index < -0.39 is 0 Å². The van der Waals surface area contributed by atoms with Crippen molar-refractivity contribution in [3.63, 3.8) is 0 Å². The summed E-state index contributed by atoms with van der Waals surface area (Å²) in [4.78, 5) is 15.5. The molecule has 1 aliphatic heterocycles. The Morgan fingerprint density at radius 3 is 2.14 bits per heavy atom. The van der Waals surface area contributed by atoms with Gasteiger partial charge in [0.15, 0.2) is 0 Å². The van der Waals surface area contributed by atoms with Gasteiger partial charge in [0.1, 0.15) is 0 Å². The van der Waals surface area contributed by atoms with Crippen LogP contribution in [-0.4, -0.2) is 11.4 Å². The molecular formula is C25H26N2O. The monoisotopic (exact) mass is 370 g/mol. The van der Waals surface area contributed by atoms with E-state index in [1.165, 1.54) is 5.56 Å². The molecule has 0 aromatic heterocycles. The lowest BCUT2D eigenvalue weighted by molar-refractivity contribution is 0.0948. The van der Waals surface area contributed by atoms with Crippen molar-refractivity contribution in [1.29, 1.82) is 0 Å². The number of hydrogen-bond donors (Lipinski definition) is 1. The van der Waals surface area contributed by atoms with E-state index in [0.29, 0.717) is 11.3 Å². The summed E-state index contributed by atoms with van der Waals surface area (Å²) in [6, 6.07) is 25.9. The van der Waals surface area contributed by atoms with Crippen molar-refractivity contribution in [2.45, 2.75) is 38.1 Å². The molecule has 1 atom stereocenters. The second-order valence-electron chi connectivity index (χ2n) is 8.47. The van der Waals surface area contributed by atoms with E-state index in [1.807, 2.05) is 59.5 Å². The van der Waals surface area contributed by atoms with Gasteiger partial charge in [-0.15, -0.1) is 0 Å². The van der Waals surface area contributed by atoms with Crippen molar-refractivity contribution in [2.24, 2.45) is 0 Å². The Morgan fingerprint density at radius 1 is 0.893 bits per heavy atom. The fourth-order valence-electron chi connectivity index (χ4n) is 4.71. The van der Waals surface area contributed by atoms with Crippen LogP contribution in [0.15, 0.2) is 78.9 Å². The first kappa shape index (κ1) is 18.3. The van der Waals surface area contributed by atoms with Gasteiger partial charge in [-0.1, -0.05) is 55.5 Å². The lowest BCUT2D eigenvalue weighted by Crippen LogP contribution is -2.55. The number of carbonyl (C=O) groups is 1. The van der Waals surface area contributed by atoms with E-state index >= 15 is 0 Å². The lowest BCUT2D eigenvalue weighted by atomic mass is 9.65. The van der Waals surface area contributed by atoms with Crippen LogP contribution in [0.5, 0.6) is 0 Å². The smallest absolute Gasteiger partial charge is 0.258 e. The van der Waals surface area contributed by atoms with Crippen molar-refractivity contribution >= 4 is 17.3 Å². The Kier molecular flexibility index (Phi) is 4.26. The molecule has 1 heterocycles. The van der Waals surface area contributed by atoms with Gasteiger partial charge in [-0.05, 0) is 61.7 Å². The van der Waals surface area contributed by atoms with Crippen LogP contribution in [0.2, 0.25) is 0 Å². The van der Waals surface area contributed by atoms with Gasteiger partial charge in [0.2, 0.25) is 0 Å². The maximum Gasteiger partial charge on any atom is 0.258 e. The van der Waals surface area contributed by atoms with E-state index in [4.69, 9.17) is 5.73 Å². The van der Waals surface area contributed by atoms with E-state index in [0.717, 1.165) is 17.7 Å². The molecule has 0 spiro atoms. The van der Waals surface area contributed by atoms with Crippen LogP contribution in [-0.2, 0) is 5.41 Å². The number of nitrogens with zero attached hydrogens (tertiary/aromatic N) is 1. The molecular weight excluding hydrogens is 344 g/mol. The van der Waals surface area contributed by atoms with Gasteiger partial charge in [0.25, 0.3) is 5.91 Å². The van der Waals surface area contributed by atoms with Crippen LogP contribution in [0.3, 0.4) is 0 Å². The average molecular weight is 370 g/mol. The van der Waals surface area contributed by atoms with Crippen molar-refractivity contribution < 1.29 is 4.79 Å². The molecule has 2 N–H and O–H groups in total. The average Bonchev–Trinajstić information content (AvgIpc) is 2.69. The number of nitrogen functional groups attached to an aromatic ring is 1. The van der Waals surface area contributed by atoms with E-state index in [9.17, 15) is 4.79 Å². The number of nitrogens with two attached hydrogens (primary N) is 1. The third-order valence-electron chi connectivity index (χ3n) is 5.88. The predicted molar refractivity (Wildman–Crippen MR) is 116 cm³/mol. The van der Waals surface area contributed by atoms with Crippen LogP contribution in [0, 0.1) is 0 Å². The van der Waals surface area contributed by atoms with Gasteiger partial charge in [0.05, 0.1) is 0 Å². The number of rotatable bonds is 2. The van der Waals surface area contributed by atoms with Gasteiger partial charge in [-0.3, -0.25) is 4.79 Å². The highest BCUT2D eigenvalue weighted by Gasteiger charge is 2.47. The summed E-state index contributed by atoms with van der Waals surface area (Å²) in [6.07, 6.45) is 0.805. The molecule has 0 saturated heterocycles. The molecule has 0 aliphatic carbocycles. The third kappa shape index (κ3) is 2.88. The predicted octanol–water partition coefficient (Wildman–Crippen LogP) is 5.40. The topological polar surface area (TPSA) is 46.3 Å². The summed E-state index contributed by atoms with van der Waals surface area (Å²) in [5, 5.41) is 0. The van der Waals surface area contributed by atoms with Crippen LogP contribution < -0.4 is 10.6 Å². The SMILES string of the molecule is CC1(c2ccccc2)CC(C)(C)N(C(=O)c2ccccc2)c2ccc(N)cc21. The van der Waals surface area contributed by atoms with Crippen LogP contribution >= 0.6 is 0 Å². The van der Waals surface area contributed by atoms with Crippen LogP contribution in [0.4, 0.5) is 11.4 Å². The Morgan fingerprint density at radius 2 is 1.50 bits per heavy atom. The lowest BCUT2D eigenvalue weighted by Gasteiger charge is -2.51. The molecule has 4 rings (SSSR count). The summed E-state index contributed by atoms with van der Waals surface area (Å²) < 4.78 is 0. The third-order valence-corrected chi connectivity index (χ3v) is 5.88. The number of fused-ring (bicyclic) bond motifs is 1. The summed E-state index contributed by atoms with van der Waals surface area (Å²) >= 11 is 0. The molecule has 1 aliphatic rings. The van der Waals surface area contributed by atoms with E-state index in [1.54, 1.807) is 0 Å². The molecule has 0 radical (unpaired) electrons. The van der Waals surface area contributed by atoms with Crippen LogP contribution in [0.1, 0.15) is 48.7 Å². The molecule has 0 saturated carbocycles. The molecule has 0 fully saturated rings. The fourth-order valence-corrected chi connectivity index (χ4v) is 4.71. The Balaban J connectivity index is 1.93. The molecule has 1 amide bonds. The van der Waals surface area contributed by atoms with Crippen LogP contribution in [0.25, 0.3) is 0 Å². The first-order chi connectivity index (χ1) is 13.3. The number of amides is 1. The zero-order valence-corrected chi connectivity index (χ0v) is 16.6. The minimum absolute atomic E-state index is 0.0201. The first-order valence-electron chi connectivity index (χ1n) is 9.68. The largest absolute Gasteiger partial charge is 0.399 e. The Bertz CT molecular complexity index is 1010. The highest BCUT2D eigenvalue weighted by atomic mass is 16.2. The molecule has 142 valence electrons. The first-order valence-corrected chi connectivity index (χ1v) is 9.68. The standard InChI is InChI=1S/C25H26N2O/c1-24(2)17-25(3,19-12-8-5-9-13-19)21-16-20(26)14-15-22(21)27(24)23(28)18-10-6-4-7-11-18/h4-16H,17,26H2,1-3H3. The molecule has 3 nitrogen and oxygen atoms in total. The minimum Gasteiger partial charge on any atom is -0.399 e. The maximum atomic E-state index is 13.5. The summed E-state index contributed by atoms with van der Waals surface area (Å²) in [5.41, 5.74) is 10.3. The Hall–Kier alpha value is -3.07. The summed E-state index contributed by atoms with van der Waals surface area (Å²) in [6.45, 7) is 6.55. The highest BCUT2D eigenvalue weighted by molar-refractivity contribution is 6.08. The zero-order chi connectivity index (χ0) is 19.9. The number of carbonyl (C=O) groups excluding carboxylic acids is 1. The van der Waals surface area contributed by atoms with E-state index in [2.05, 4.69) is 45.0 Å². The molecule has 1 unspecified atom stereocenters. The maximum absolute atomic E-state index is 13.5. The molecule has 3 heteroatoms. The molecule has 3 aromatic carbocycles. The molecule has 28 heavy (non-hydrogen) atoms. The fraction of sp³-hybridized carbons (Fsp3) is 0.240. The van der Waals surface area contributed by atoms with Crippen molar-refractivity contribution in [1.82, 2.24) is 0 Å². The number of hydrogen-bond acceptors (Lipinski definition) is 2. The second kappa shape index (κ2) is 6.52. The zero-order valence-electron chi connectivity index (χ0n) is 16.6. The quantitative estimate of drug-likeness (QED) is 0.614. The van der Waals surface area contributed by atoms with Gasteiger partial charge in [-0.25, -0.2) is 0 Å². The molecule has 3 aromatic rings. The Labute approximate surface area is 166 Å². The summed E-state index contributed by atoms with van der Waals surface area (Å²) in [7, 11) is 0. The van der Waals surface area contributed by atoms with Gasteiger partial charge >= 0.3 is 0 Å².